The van der Waals surface area contributed by atoms with Crippen LogP contribution >= 0.6 is 0 Å². The fourth-order valence-electron chi connectivity index (χ4n) is 3.52. The van der Waals surface area contributed by atoms with Crippen LogP contribution in [0.1, 0.15) is 55.6 Å². The minimum atomic E-state index is -0.847. The van der Waals surface area contributed by atoms with Crippen molar-refractivity contribution in [3.8, 4) is 0 Å². The standard InChI is InChI=1S/C22H28N2O4/c1-15-8-3-5-11-19(15)24-21(25)16(2)28-22(26)18-10-4-6-12-20(18)23-14-17-9-7-13-27-17/h4,6-7,9-10,12-13,15-16,19,23H,3,5,8,11,14H2,1-2H3,(H,24,25)/t15-,16+,19-/m0/s1. The van der Waals surface area contributed by atoms with Gasteiger partial charge in [0, 0.05) is 11.7 Å². The molecule has 1 amide bonds. The first-order valence-electron chi connectivity index (χ1n) is 9.91. The maximum Gasteiger partial charge on any atom is 0.341 e. The monoisotopic (exact) mass is 384 g/mol. The smallest absolute Gasteiger partial charge is 0.341 e. The van der Waals surface area contributed by atoms with Crippen molar-refractivity contribution in [2.24, 2.45) is 5.92 Å². The van der Waals surface area contributed by atoms with E-state index in [2.05, 4.69) is 17.6 Å². The molecule has 0 radical (unpaired) electrons. The molecule has 1 fully saturated rings. The van der Waals surface area contributed by atoms with Crippen molar-refractivity contribution >= 4 is 17.6 Å². The number of hydrogen-bond acceptors (Lipinski definition) is 5. The van der Waals surface area contributed by atoms with Gasteiger partial charge in [0.05, 0.1) is 18.4 Å². The van der Waals surface area contributed by atoms with E-state index in [-0.39, 0.29) is 11.9 Å². The van der Waals surface area contributed by atoms with E-state index in [4.69, 9.17) is 9.15 Å². The molecule has 1 saturated carbocycles. The van der Waals surface area contributed by atoms with E-state index in [1.165, 1.54) is 6.42 Å². The highest BCUT2D eigenvalue weighted by atomic mass is 16.5. The summed E-state index contributed by atoms with van der Waals surface area (Å²) in [4.78, 5) is 25.1. The highest BCUT2D eigenvalue weighted by Gasteiger charge is 2.27. The fraction of sp³-hybridized carbons (Fsp3) is 0.455. The Balaban J connectivity index is 1.58. The van der Waals surface area contributed by atoms with Crippen LogP contribution in [-0.2, 0) is 16.1 Å². The third kappa shape index (κ3) is 5.15. The second-order valence-electron chi connectivity index (χ2n) is 7.40. The molecule has 0 unspecified atom stereocenters. The Bertz CT molecular complexity index is 788. The highest BCUT2D eigenvalue weighted by molar-refractivity contribution is 5.97. The van der Waals surface area contributed by atoms with Crippen LogP contribution in [0.5, 0.6) is 0 Å². The van der Waals surface area contributed by atoms with Crippen molar-refractivity contribution in [2.45, 2.75) is 58.2 Å². The van der Waals surface area contributed by atoms with Gasteiger partial charge in [0.15, 0.2) is 6.10 Å². The number of carbonyl (C=O) groups excluding carboxylic acids is 2. The first-order chi connectivity index (χ1) is 13.5. The summed E-state index contributed by atoms with van der Waals surface area (Å²) in [6, 6.07) is 10.9. The van der Waals surface area contributed by atoms with E-state index in [0.29, 0.717) is 23.7 Å². The number of esters is 1. The van der Waals surface area contributed by atoms with E-state index < -0.39 is 12.1 Å². The van der Waals surface area contributed by atoms with Crippen LogP contribution in [0.4, 0.5) is 5.69 Å². The fourth-order valence-corrected chi connectivity index (χ4v) is 3.52. The highest BCUT2D eigenvalue weighted by Crippen LogP contribution is 2.24. The molecular weight excluding hydrogens is 356 g/mol. The van der Waals surface area contributed by atoms with Crippen LogP contribution in [0.15, 0.2) is 47.1 Å². The van der Waals surface area contributed by atoms with Crippen LogP contribution in [0, 0.1) is 5.92 Å². The first-order valence-corrected chi connectivity index (χ1v) is 9.91. The molecule has 0 spiro atoms. The summed E-state index contributed by atoms with van der Waals surface area (Å²) >= 11 is 0. The molecule has 0 aliphatic heterocycles. The number of anilines is 1. The Morgan fingerprint density at radius 1 is 1.18 bits per heavy atom. The second kappa shape index (κ2) is 9.44. The number of rotatable bonds is 7. The molecule has 28 heavy (non-hydrogen) atoms. The molecule has 1 aromatic carbocycles. The van der Waals surface area contributed by atoms with Crippen LogP contribution in [0.25, 0.3) is 0 Å². The van der Waals surface area contributed by atoms with Crippen molar-refractivity contribution in [3.05, 3.63) is 54.0 Å². The molecule has 1 aliphatic rings. The van der Waals surface area contributed by atoms with Crippen LogP contribution in [-0.4, -0.2) is 24.0 Å². The molecule has 1 aliphatic carbocycles. The molecule has 1 aromatic heterocycles. The van der Waals surface area contributed by atoms with Gasteiger partial charge in [0.25, 0.3) is 5.91 Å². The molecule has 3 rings (SSSR count). The summed E-state index contributed by atoms with van der Waals surface area (Å²) in [5.74, 6) is 0.444. The topological polar surface area (TPSA) is 80.6 Å². The lowest BCUT2D eigenvalue weighted by Gasteiger charge is -2.30. The SMILES string of the molecule is C[C@@H](OC(=O)c1ccccc1NCc1ccco1)C(=O)N[C@H]1CCCC[C@@H]1C. The van der Waals surface area contributed by atoms with Crippen molar-refractivity contribution in [2.75, 3.05) is 5.32 Å². The van der Waals surface area contributed by atoms with Gasteiger partial charge in [0.2, 0.25) is 0 Å². The number of furan rings is 1. The van der Waals surface area contributed by atoms with Crippen molar-refractivity contribution in [1.82, 2.24) is 5.32 Å². The third-order valence-corrected chi connectivity index (χ3v) is 5.27. The number of carbonyl (C=O) groups is 2. The Morgan fingerprint density at radius 3 is 2.71 bits per heavy atom. The summed E-state index contributed by atoms with van der Waals surface area (Å²) < 4.78 is 10.7. The van der Waals surface area contributed by atoms with Gasteiger partial charge in [0.1, 0.15) is 5.76 Å². The Kier molecular flexibility index (Phi) is 6.74. The van der Waals surface area contributed by atoms with Gasteiger partial charge >= 0.3 is 5.97 Å². The number of ether oxygens (including phenoxy) is 1. The van der Waals surface area contributed by atoms with Gasteiger partial charge in [-0.3, -0.25) is 4.79 Å². The second-order valence-corrected chi connectivity index (χ2v) is 7.40. The lowest BCUT2D eigenvalue weighted by Crippen LogP contribution is -2.46. The summed E-state index contributed by atoms with van der Waals surface area (Å²) in [5.41, 5.74) is 1.03. The van der Waals surface area contributed by atoms with Gasteiger partial charge in [-0.25, -0.2) is 4.79 Å². The van der Waals surface area contributed by atoms with Gasteiger partial charge in [-0.05, 0) is 49.9 Å². The Morgan fingerprint density at radius 2 is 1.96 bits per heavy atom. The lowest BCUT2D eigenvalue weighted by molar-refractivity contribution is -0.130. The van der Waals surface area contributed by atoms with Crippen molar-refractivity contribution in [3.63, 3.8) is 0 Å². The zero-order chi connectivity index (χ0) is 19.9. The van der Waals surface area contributed by atoms with Gasteiger partial charge < -0.3 is 19.8 Å². The zero-order valence-electron chi connectivity index (χ0n) is 16.4. The quantitative estimate of drug-likeness (QED) is 0.702. The minimum Gasteiger partial charge on any atom is -0.467 e. The molecule has 0 saturated heterocycles. The molecule has 6 heteroatoms. The van der Waals surface area contributed by atoms with E-state index in [1.807, 2.05) is 18.2 Å². The molecule has 0 bridgehead atoms. The number of hydrogen-bond donors (Lipinski definition) is 2. The number of benzene rings is 1. The molecule has 3 atom stereocenters. The zero-order valence-corrected chi connectivity index (χ0v) is 16.4. The maximum absolute atomic E-state index is 12.6. The van der Waals surface area contributed by atoms with Crippen LogP contribution in [0.2, 0.25) is 0 Å². The molecule has 6 nitrogen and oxygen atoms in total. The van der Waals surface area contributed by atoms with Crippen LogP contribution < -0.4 is 10.6 Å². The van der Waals surface area contributed by atoms with Crippen LogP contribution in [0.3, 0.4) is 0 Å². The maximum atomic E-state index is 12.6. The predicted molar refractivity (Wildman–Crippen MR) is 107 cm³/mol. The summed E-state index contributed by atoms with van der Waals surface area (Å²) in [6.45, 7) is 4.22. The number of amides is 1. The Hall–Kier alpha value is -2.76. The molecule has 2 N–H and O–H groups in total. The van der Waals surface area contributed by atoms with Crippen molar-refractivity contribution < 1.29 is 18.7 Å². The molecule has 2 aromatic rings. The Labute approximate surface area is 165 Å². The number of para-hydroxylation sites is 1. The average molecular weight is 384 g/mol. The van der Waals surface area contributed by atoms with E-state index in [1.54, 1.807) is 31.4 Å². The lowest BCUT2D eigenvalue weighted by atomic mass is 9.86. The molecule has 150 valence electrons. The van der Waals surface area contributed by atoms with E-state index >= 15 is 0 Å². The van der Waals surface area contributed by atoms with E-state index in [9.17, 15) is 9.59 Å². The summed E-state index contributed by atoms with van der Waals surface area (Å²) in [6.07, 6.45) is 5.18. The summed E-state index contributed by atoms with van der Waals surface area (Å²) in [5, 5.41) is 6.21. The first kappa shape index (κ1) is 20.0. The average Bonchev–Trinajstić information content (AvgIpc) is 3.22. The third-order valence-electron chi connectivity index (χ3n) is 5.27. The number of nitrogens with one attached hydrogen (secondary N) is 2. The van der Waals surface area contributed by atoms with Gasteiger partial charge in [-0.2, -0.15) is 0 Å². The van der Waals surface area contributed by atoms with Gasteiger partial charge in [-0.1, -0.05) is 31.9 Å². The normalized spacial score (nSPS) is 20.2. The van der Waals surface area contributed by atoms with Gasteiger partial charge in [-0.15, -0.1) is 0 Å². The molecular formula is C22H28N2O4. The molecule has 1 heterocycles. The van der Waals surface area contributed by atoms with E-state index in [0.717, 1.165) is 25.0 Å². The largest absolute Gasteiger partial charge is 0.467 e. The van der Waals surface area contributed by atoms with Crippen molar-refractivity contribution in [1.29, 1.82) is 0 Å². The summed E-state index contributed by atoms with van der Waals surface area (Å²) in [7, 11) is 0. The predicted octanol–water partition coefficient (Wildman–Crippen LogP) is 4.13. The minimum absolute atomic E-state index is 0.157.